The summed E-state index contributed by atoms with van der Waals surface area (Å²) in [6, 6.07) is 3.16. The number of nitro benzene ring substituents is 1. The molecule has 0 unspecified atom stereocenters. The van der Waals surface area contributed by atoms with Crippen LogP contribution in [0.5, 0.6) is 5.75 Å². The molecule has 1 aliphatic rings. The summed E-state index contributed by atoms with van der Waals surface area (Å²) < 4.78 is 0. The highest BCUT2D eigenvalue weighted by atomic mass is 32.2. The lowest BCUT2D eigenvalue weighted by Gasteiger charge is -2.12. The number of thioether (sulfide) groups is 1. The molecule has 1 aromatic rings. The first-order valence-electron chi connectivity index (χ1n) is 5.12. The van der Waals surface area contributed by atoms with Crippen molar-refractivity contribution in [2.75, 3.05) is 5.75 Å². The number of carbonyl (C=O) groups excluding carboxylic acids is 1. The van der Waals surface area contributed by atoms with Crippen LogP contribution in [-0.2, 0) is 4.79 Å². The van der Waals surface area contributed by atoms with Gasteiger partial charge in [0.1, 0.15) is 12.0 Å². The number of nitro groups is 1. The highest BCUT2D eigenvalue weighted by Gasteiger charge is 2.31. The number of carboxylic acid groups (broad SMARTS) is 1. The van der Waals surface area contributed by atoms with Gasteiger partial charge in [-0.25, -0.2) is 0 Å². The summed E-state index contributed by atoms with van der Waals surface area (Å²) in [6.45, 7) is 0. The summed E-state index contributed by atoms with van der Waals surface area (Å²) in [5.41, 5.74) is 0.0773. The molecule has 1 saturated heterocycles. The maximum absolute atomic E-state index is 11.2. The zero-order chi connectivity index (χ0) is 13.3. The molecule has 0 saturated carbocycles. The van der Waals surface area contributed by atoms with Crippen molar-refractivity contribution in [3.8, 4) is 5.75 Å². The average molecular weight is 269 g/mol. The molecule has 0 bridgehead atoms. The molecule has 0 radical (unpaired) electrons. The summed E-state index contributed by atoms with van der Waals surface area (Å²) in [6.07, 6.45) is 0. The van der Waals surface area contributed by atoms with Gasteiger partial charge < -0.3 is 20.3 Å². The minimum Gasteiger partial charge on any atom is -0.868 e. The van der Waals surface area contributed by atoms with Gasteiger partial charge in [0.05, 0.1) is 10.7 Å². The molecule has 2 atom stereocenters. The molecule has 1 heterocycles. The first-order chi connectivity index (χ1) is 8.49. The van der Waals surface area contributed by atoms with Gasteiger partial charge in [-0.3, -0.25) is 10.1 Å². The van der Waals surface area contributed by atoms with E-state index in [4.69, 9.17) is 0 Å². The molecule has 2 rings (SSSR count). The first-order valence-corrected chi connectivity index (χ1v) is 6.16. The molecule has 1 aliphatic heterocycles. The van der Waals surface area contributed by atoms with Crippen molar-refractivity contribution in [3.05, 3.63) is 33.9 Å². The fourth-order valence-corrected chi connectivity index (χ4v) is 3.04. The fraction of sp³-hybridized carbons (Fsp3) is 0.300. The van der Waals surface area contributed by atoms with Crippen molar-refractivity contribution in [1.82, 2.24) is 0 Å². The van der Waals surface area contributed by atoms with Crippen molar-refractivity contribution in [2.24, 2.45) is 0 Å². The number of hydrogen-bond donors (Lipinski definition) is 1. The van der Waals surface area contributed by atoms with Gasteiger partial charge in [0.2, 0.25) is 0 Å². The molecule has 96 valence electrons. The molecule has 1 aromatic carbocycles. The molecule has 0 amide bonds. The number of rotatable bonds is 3. The summed E-state index contributed by atoms with van der Waals surface area (Å²) in [4.78, 5) is 20.6. The predicted octanol–water partition coefficient (Wildman–Crippen LogP) is -1.90. The van der Waals surface area contributed by atoms with E-state index in [1.54, 1.807) is 5.32 Å². The van der Waals surface area contributed by atoms with E-state index in [-0.39, 0.29) is 5.37 Å². The summed E-state index contributed by atoms with van der Waals surface area (Å²) >= 11 is 1.36. The van der Waals surface area contributed by atoms with E-state index >= 15 is 0 Å². The number of benzene rings is 1. The lowest BCUT2D eigenvalue weighted by molar-refractivity contribution is -0.690. The SMILES string of the molecule is O=C([O-])[C@H]1CS[C@H](c2ccc([O-])c([N+](=O)[O-])c2)[NH2+]1. The van der Waals surface area contributed by atoms with Crippen LogP contribution < -0.4 is 15.5 Å². The molecule has 2 N–H and O–H groups in total. The van der Waals surface area contributed by atoms with E-state index in [1.807, 2.05) is 0 Å². The Hall–Kier alpha value is -1.80. The maximum Gasteiger partial charge on any atom is 0.262 e. The van der Waals surface area contributed by atoms with E-state index in [0.29, 0.717) is 11.3 Å². The second-order valence-corrected chi connectivity index (χ2v) is 5.03. The van der Waals surface area contributed by atoms with Crippen molar-refractivity contribution in [1.29, 1.82) is 0 Å². The molecule has 0 aliphatic carbocycles. The number of hydrogen-bond acceptors (Lipinski definition) is 6. The van der Waals surface area contributed by atoms with Gasteiger partial charge in [0.15, 0.2) is 5.37 Å². The normalized spacial score (nSPS) is 22.9. The summed E-state index contributed by atoms with van der Waals surface area (Å²) in [7, 11) is 0. The van der Waals surface area contributed by atoms with Crippen LogP contribution in [0.25, 0.3) is 0 Å². The standard InChI is InChI=1S/C10H10N2O5S/c13-8-2-1-5(3-7(8)12(16)17)9-11-6(4-18-9)10(14)15/h1-3,6,9,11,13H,4H2,(H,14,15)/p-1/t6-,9-/m1/s1. The van der Waals surface area contributed by atoms with Gasteiger partial charge in [-0.15, -0.1) is 0 Å². The zero-order valence-corrected chi connectivity index (χ0v) is 9.88. The van der Waals surface area contributed by atoms with Crippen LogP contribution in [0.2, 0.25) is 0 Å². The molecule has 18 heavy (non-hydrogen) atoms. The van der Waals surface area contributed by atoms with E-state index in [9.17, 15) is 25.1 Å². The van der Waals surface area contributed by atoms with Gasteiger partial charge in [0, 0.05) is 11.6 Å². The summed E-state index contributed by atoms with van der Waals surface area (Å²) in [5.74, 6) is -1.43. The minimum absolute atomic E-state index is 0.257. The number of nitrogens with zero attached hydrogens (tertiary/aromatic N) is 1. The Kier molecular flexibility index (Phi) is 3.39. The van der Waals surface area contributed by atoms with E-state index < -0.39 is 28.4 Å². The highest BCUT2D eigenvalue weighted by Crippen LogP contribution is 2.32. The minimum atomic E-state index is -1.15. The van der Waals surface area contributed by atoms with Crippen molar-refractivity contribution in [2.45, 2.75) is 11.4 Å². The lowest BCUT2D eigenvalue weighted by Crippen LogP contribution is -2.90. The Labute approximate surface area is 106 Å². The van der Waals surface area contributed by atoms with Gasteiger partial charge >= 0.3 is 0 Å². The second kappa shape index (κ2) is 4.83. The van der Waals surface area contributed by atoms with Crippen LogP contribution in [0, 0.1) is 10.1 Å². The Bertz CT molecular complexity index is 507. The third-order valence-electron chi connectivity index (χ3n) is 2.67. The Morgan fingerprint density at radius 1 is 1.50 bits per heavy atom. The monoisotopic (exact) mass is 269 g/mol. The van der Waals surface area contributed by atoms with Gasteiger partial charge in [0.25, 0.3) is 5.69 Å². The number of aliphatic carboxylic acids is 1. The molecule has 8 heteroatoms. The summed E-state index contributed by atoms with van der Waals surface area (Å²) in [5, 5.41) is 33.9. The highest BCUT2D eigenvalue weighted by molar-refractivity contribution is 7.99. The van der Waals surface area contributed by atoms with Crippen molar-refractivity contribution >= 4 is 23.4 Å². The number of carbonyl (C=O) groups is 1. The van der Waals surface area contributed by atoms with Crippen LogP contribution in [0.3, 0.4) is 0 Å². The smallest absolute Gasteiger partial charge is 0.262 e. The molecular weight excluding hydrogens is 260 g/mol. The van der Waals surface area contributed by atoms with E-state index in [1.165, 1.54) is 23.9 Å². The second-order valence-electron chi connectivity index (χ2n) is 3.86. The molecule has 0 spiro atoms. The molecular formula is C10H9N2O5S-. The van der Waals surface area contributed by atoms with Crippen LogP contribution in [-0.4, -0.2) is 22.7 Å². The van der Waals surface area contributed by atoms with Crippen LogP contribution >= 0.6 is 11.8 Å². The van der Waals surface area contributed by atoms with Gasteiger partial charge in [-0.05, 0) is 5.75 Å². The Morgan fingerprint density at radius 3 is 2.78 bits per heavy atom. The fourth-order valence-electron chi connectivity index (χ4n) is 1.74. The van der Waals surface area contributed by atoms with Gasteiger partial charge in [-0.1, -0.05) is 23.9 Å². The molecule has 7 nitrogen and oxygen atoms in total. The lowest BCUT2D eigenvalue weighted by atomic mass is 10.1. The quantitative estimate of drug-likeness (QED) is 0.505. The number of carboxylic acids is 1. The predicted molar refractivity (Wildman–Crippen MR) is 58.5 cm³/mol. The van der Waals surface area contributed by atoms with E-state index in [0.717, 1.165) is 6.07 Å². The maximum atomic E-state index is 11.2. The molecule has 0 aromatic heterocycles. The first kappa shape index (κ1) is 12.7. The third kappa shape index (κ3) is 2.39. The topological polar surface area (TPSA) is 123 Å². The van der Waals surface area contributed by atoms with Crippen LogP contribution in [0.15, 0.2) is 18.2 Å². The third-order valence-corrected chi connectivity index (χ3v) is 4.01. The van der Waals surface area contributed by atoms with Crippen molar-refractivity contribution < 1.29 is 25.2 Å². The van der Waals surface area contributed by atoms with E-state index in [2.05, 4.69) is 0 Å². The van der Waals surface area contributed by atoms with Crippen molar-refractivity contribution in [3.63, 3.8) is 0 Å². The molecule has 1 fully saturated rings. The largest absolute Gasteiger partial charge is 0.868 e. The Balaban J connectivity index is 2.22. The van der Waals surface area contributed by atoms with Gasteiger partial charge in [-0.2, -0.15) is 0 Å². The number of quaternary nitrogens is 1. The number of nitrogens with two attached hydrogens (primary N) is 1. The average Bonchev–Trinajstić information content (AvgIpc) is 2.78. The van der Waals surface area contributed by atoms with Crippen LogP contribution in [0.1, 0.15) is 10.9 Å². The Morgan fingerprint density at radius 2 is 2.22 bits per heavy atom. The van der Waals surface area contributed by atoms with Crippen LogP contribution in [0.4, 0.5) is 5.69 Å². The zero-order valence-electron chi connectivity index (χ0n) is 9.07.